The second-order valence-corrected chi connectivity index (χ2v) is 6.60. The summed E-state index contributed by atoms with van der Waals surface area (Å²) in [6.07, 6.45) is 10.5. The minimum atomic E-state index is 0.0913. The molecule has 0 spiro atoms. The summed E-state index contributed by atoms with van der Waals surface area (Å²) >= 11 is 0. The van der Waals surface area contributed by atoms with E-state index in [2.05, 4.69) is 50.9 Å². The molecule has 0 N–H and O–H groups in total. The summed E-state index contributed by atoms with van der Waals surface area (Å²) in [5.41, 5.74) is 3.15. The third-order valence-corrected chi connectivity index (χ3v) is 4.86. The molecule has 1 fully saturated rings. The van der Waals surface area contributed by atoms with Crippen molar-refractivity contribution in [2.24, 2.45) is 5.92 Å². The topological polar surface area (TPSA) is 29.5 Å². The second kappa shape index (κ2) is 7.89. The van der Waals surface area contributed by atoms with E-state index in [1.807, 2.05) is 0 Å². The van der Waals surface area contributed by atoms with E-state index in [0.29, 0.717) is 12.0 Å². The Labute approximate surface area is 134 Å². The number of likely N-dealkylation sites (N-methyl/N-ethyl adjacent to an activating group) is 1. The molecular weight excluding hydrogens is 274 g/mol. The number of carbonyl (C=O) groups is 1. The molecule has 1 heterocycles. The summed E-state index contributed by atoms with van der Waals surface area (Å²) in [7, 11) is 2.15. The Morgan fingerprint density at radius 2 is 2.18 bits per heavy atom. The molecule has 122 valence electrons. The summed E-state index contributed by atoms with van der Waals surface area (Å²) in [4.78, 5) is 13.8. The highest BCUT2D eigenvalue weighted by molar-refractivity contribution is 5.81. The number of nitrogens with zero attached hydrogens (tertiary/aromatic N) is 1. The predicted molar refractivity (Wildman–Crippen MR) is 90.8 cm³/mol. The number of allylic oxidation sites excluding steroid dienone is 4. The molecule has 1 saturated heterocycles. The van der Waals surface area contributed by atoms with Crippen LogP contribution in [0.5, 0.6) is 0 Å². The fourth-order valence-electron chi connectivity index (χ4n) is 3.17. The smallest absolute Gasteiger partial charge is 0.150 e. The van der Waals surface area contributed by atoms with Gasteiger partial charge in [0.15, 0.2) is 0 Å². The van der Waals surface area contributed by atoms with Crippen LogP contribution in [0, 0.1) is 5.92 Å². The van der Waals surface area contributed by atoms with Crippen molar-refractivity contribution in [3.63, 3.8) is 0 Å². The van der Waals surface area contributed by atoms with Crippen molar-refractivity contribution in [3.8, 4) is 0 Å². The Morgan fingerprint density at radius 1 is 1.41 bits per heavy atom. The first-order valence-corrected chi connectivity index (χ1v) is 8.45. The molecule has 3 atom stereocenters. The molecule has 3 unspecified atom stereocenters. The third kappa shape index (κ3) is 4.17. The number of hydrogen-bond acceptors (Lipinski definition) is 3. The average Bonchev–Trinajstić information content (AvgIpc) is 2.65. The Bertz CT molecular complexity index is 490. The maximum absolute atomic E-state index is 11.5. The van der Waals surface area contributed by atoms with E-state index >= 15 is 0 Å². The van der Waals surface area contributed by atoms with Gasteiger partial charge in [-0.2, -0.15) is 0 Å². The molecule has 2 aliphatic rings. The minimum Gasteiger partial charge on any atom is -0.372 e. The monoisotopic (exact) mass is 303 g/mol. The van der Waals surface area contributed by atoms with Crippen LogP contribution >= 0.6 is 0 Å². The molecule has 0 aromatic heterocycles. The van der Waals surface area contributed by atoms with E-state index < -0.39 is 0 Å². The Balaban J connectivity index is 2.32. The van der Waals surface area contributed by atoms with Crippen LogP contribution in [0.4, 0.5) is 0 Å². The van der Waals surface area contributed by atoms with Crippen LogP contribution in [0.2, 0.25) is 0 Å². The number of aldehydes is 1. The molecule has 22 heavy (non-hydrogen) atoms. The lowest BCUT2D eigenvalue weighted by Crippen LogP contribution is -2.30. The quantitative estimate of drug-likeness (QED) is 0.747. The fourth-order valence-corrected chi connectivity index (χ4v) is 3.17. The van der Waals surface area contributed by atoms with Crippen molar-refractivity contribution in [1.82, 2.24) is 4.90 Å². The zero-order valence-electron chi connectivity index (χ0n) is 14.3. The van der Waals surface area contributed by atoms with E-state index in [1.165, 1.54) is 5.57 Å². The highest BCUT2D eigenvalue weighted by Crippen LogP contribution is 2.27. The van der Waals surface area contributed by atoms with Crippen LogP contribution in [0.3, 0.4) is 0 Å². The minimum absolute atomic E-state index is 0.0913. The van der Waals surface area contributed by atoms with Gasteiger partial charge in [0.1, 0.15) is 6.29 Å². The molecule has 0 saturated carbocycles. The standard InChI is InChI=1S/C19H29NO2/c1-5-16-7-6-14(2)10-17(12-18(16)13-21)19-11-15(3)20(4)8-9-22-19/h7,10,12-15,19H,5-6,8-9,11H2,1-4H3/b16-7?,17-10-,18-12?. The van der Waals surface area contributed by atoms with Crippen LogP contribution in [-0.4, -0.2) is 43.5 Å². The molecule has 0 amide bonds. The molecule has 3 nitrogen and oxygen atoms in total. The van der Waals surface area contributed by atoms with Crippen LogP contribution < -0.4 is 0 Å². The summed E-state index contributed by atoms with van der Waals surface area (Å²) in [5.74, 6) is 0.473. The van der Waals surface area contributed by atoms with Gasteiger partial charge in [0.05, 0.1) is 12.7 Å². The van der Waals surface area contributed by atoms with Gasteiger partial charge in [-0.3, -0.25) is 4.79 Å². The van der Waals surface area contributed by atoms with Gasteiger partial charge in [-0.15, -0.1) is 0 Å². The number of rotatable bonds is 3. The third-order valence-electron chi connectivity index (χ3n) is 4.86. The number of ether oxygens (including phenoxy) is 1. The molecule has 3 heteroatoms. The van der Waals surface area contributed by atoms with Gasteiger partial charge in [0.25, 0.3) is 0 Å². The molecule has 0 bridgehead atoms. The Kier molecular flexibility index (Phi) is 6.16. The molecule has 0 aromatic carbocycles. The van der Waals surface area contributed by atoms with Crippen molar-refractivity contribution >= 4 is 6.29 Å². The molecule has 1 aliphatic carbocycles. The lowest BCUT2D eigenvalue weighted by atomic mass is 9.89. The molecular formula is C19H29NO2. The Morgan fingerprint density at radius 3 is 2.86 bits per heavy atom. The first-order valence-electron chi connectivity index (χ1n) is 8.45. The number of hydrogen-bond donors (Lipinski definition) is 0. The van der Waals surface area contributed by atoms with E-state index in [9.17, 15) is 4.79 Å². The normalized spacial score (nSPS) is 33.6. The summed E-state index contributed by atoms with van der Waals surface area (Å²) in [6.45, 7) is 8.30. The summed E-state index contributed by atoms with van der Waals surface area (Å²) in [5, 5.41) is 0. The Hall–Kier alpha value is -1.19. The highest BCUT2D eigenvalue weighted by atomic mass is 16.5. The SMILES string of the molecule is CCC1=CCC(C)/C=C(\C2CC(C)N(C)CCO2)C=C1C=O. The van der Waals surface area contributed by atoms with Gasteiger partial charge in [-0.1, -0.05) is 26.0 Å². The van der Waals surface area contributed by atoms with Gasteiger partial charge in [-0.25, -0.2) is 0 Å². The lowest BCUT2D eigenvalue weighted by molar-refractivity contribution is -0.104. The zero-order valence-corrected chi connectivity index (χ0v) is 14.3. The largest absolute Gasteiger partial charge is 0.372 e. The predicted octanol–water partition coefficient (Wildman–Crippen LogP) is 3.52. The second-order valence-electron chi connectivity index (χ2n) is 6.60. The lowest BCUT2D eigenvalue weighted by Gasteiger charge is -2.24. The van der Waals surface area contributed by atoms with Crippen LogP contribution in [0.15, 0.2) is 34.9 Å². The van der Waals surface area contributed by atoms with Crippen LogP contribution in [0.1, 0.15) is 40.0 Å². The number of carbonyl (C=O) groups excluding carboxylic acids is 1. The zero-order chi connectivity index (χ0) is 16.1. The fraction of sp³-hybridized carbons (Fsp3) is 0.632. The first kappa shape index (κ1) is 17.2. The van der Waals surface area contributed by atoms with Gasteiger partial charge in [0.2, 0.25) is 0 Å². The van der Waals surface area contributed by atoms with E-state index in [1.54, 1.807) is 0 Å². The highest BCUT2D eigenvalue weighted by Gasteiger charge is 2.24. The maximum atomic E-state index is 11.5. The van der Waals surface area contributed by atoms with Crippen molar-refractivity contribution in [2.75, 3.05) is 20.2 Å². The van der Waals surface area contributed by atoms with Crippen molar-refractivity contribution in [2.45, 2.75) is 52.2 Å². The van der Waals surface area contributed by atoms with Crippen LogP contribution in [-0.2, 0) is 9.53 Å². The van der Waals surface area contributed by atoms with Crippen molar-refractivity contribution in [1.29, 1.82) is 0 Å². The van der Waals surface area contributed by atoms with Crippen molar-refractivity contribution < 1.29 is 9.53 Å². The van der Waals surface area contributed by atoms with E-state index in [-0.39, 0.29) is 6.10 Å². The van der Waals surface area contributed by atoms with Crippen LogP contribution in [0.25, 0.3) is 0 Å². The van der Waals surface area contributed by atoms with Gasteiger partial charge >= 0.3 is 0 Å². The van der Waals surface area contributed by atoms with Gasteiger partial charge in [-0.05, 0) is 56.4 Å². The van der Waals surface area contributed by atoms with E-state index in [4.69, 9.17) is 4.74 Å². The van der Waals surface area contributed by atoms with Gasteiger partial charge in [0, 0.05) is 18.2 Å². The van der Waals surface area contributed by atoms with Crippen molar-refractivity contribution in [3.05, 3.63) is 34.9 Å². The molecule has 2 rings (SSSR count). The summed E-state index contributed by atoms with van der Waals surface area (Å²) in [6, 6.07) is 0.489. The first-order chi connectivity index (χ1) is 10.5. The summed E-state index contributed by atoms with van der Waals surface area (Å²) < 4.78 is 6.10. The maximum Gasteiger partial charge on any atom is 0.150 e. The van der Waals surface area contributed by atoms with E-state index in [0.717, 1.165) is 49.8 Å². The van der Waals surface area contributed by atoms with Gasteiger partial charge < -0.3 is 9.64 Å². The average molecular weight is 303 g/mol. The molecule has 0 aromatic rings. The molecule has 0 radical (unpaired) electrons. The molecule has 1 aliphatic heterocycles.